The van der Waals surface area contributed by atoms with Crippen molar-refractivity contribution in [2.75, 3.05) is 26.2 Å². The van der Waals surface area contributed by atoms with E-state index in [1.165, 1.54) is 11.1 Å². The summed E-state index contributed by atoms with van der Waals surface area (Å²) in [5.41, 5.74) is 2.15. The van der Waals surface area contributed by atoms with Crippen molar-refractivity contribution in [2.24, 2.45) is 23.7 Å². The summed E-state index contributed by atoms with van der Waals surface area (Å²) in [5.74, 6) is -1.30. The Balaban J connectivity index is 1.40. The molecule has 57 heavy (non-hydrogen) atoms. The standard InChI is InChI=1S/C47H70N2O8/c1-44(2,3)54-40(50)38(36-22-24-48(30-36)42(52)56-46(7,8)9)28-34-20-14-18-32(26-34)16-13-17-33-19-15-21-35(27-33)29-39(41(51)55-45(4,5)6)37-23-25-49(31-37)43(53)57-47(10,11)12/h14-15,18-21,26-27,36-39H,13,16-17,22-25,28-31H2,1-12H3/t36-,37-,38-,39-/m0/s1. The van der Waals surface area contributed by atoms with Crippen molar-refractivity contribution < 1.29 is 38.1 Å². The lowest BCUT2D eigenvalue weighted by Gasteiger charge is -2.28. The Morgan fingerprint density at radius 3 is 1.21 bits per heavy atom. The number of esters is 2. The largest absolute Gasteiger partial charge is 0.460 e. The number of hydrogen-bond donors (Lipinski definition) is 0. The Morgan fingerprint density at radius 2 is 0.877 bits per heavy atom. The Hall–Kier alpha value is -4.08. The summed E-state index contributed by atoms with van der Waals surface area (Å²) in [6, 6.07) is 16.9. The summed E-state index contributed by atoms with van der Waals surface area (Å²) in [5, 5.41) is 0. The molecule has 0 bridgehead atoms. The minimum absolute atomic E-state index is 0.0317. The predicted octanol–water partition coefficient (Wildman–Crippen LogP) is 9.38. The molecule has 4 rings (SSSR count). The van der Waals surface area contributed by atoms with Gasteiger partial charge in [0.05, 0.1) is 11.8 Å². The predicted molar refractivity (Wildman–Crippen MR) is 223 cm³/mol. The van der Waals surface area contributed by atoms with Gasteiger partial charge < -0.3 is 28.7 Å². The Bertz CT molecular complexity index is 1570. The molecule has 2 heterocycles. The summed E-state index contributed by atoms with van der Waals surface area (Å²) in [7, 11) is 0. The first kappa shape index (κ1) is 45.6. The molecule has 0 unspecified atom stereocenters. The molecule has 4 atom stereocenters. The normalized spacial score (nSPS) is 18.9. The average Bonchev–Trinajstić information content (AvgIpc) is 3.75. The van der Waals surface area contributed by atoms with Gasteiger partial charge in [-0.05, 0) is 162 Å². The number of hydrogen-bond acceptors (Lipinski definition) is 8. The van der Waals surface area contributed by atoms with Crippen molar-refractivity contribution in [1.29, 1.82) is 0 Å². The summed E-state index contributed by atoms with van der Waals surface area (Å²) >= 11 is 0. The van der Waals surface area contributed by atoms with E-state index in [9.17, 15) is 19.2 Å². The lowest BCUT2D eigenvalue weighted by Crippen LogP contribution is -2.38. The second-order valence-electron chi connectivity index (χ2n) is 20.1. The van der Waals surface area contributed by atoms with E-state index >= 15 is 0 Å². The molecule has 2 amide bonds. The fraction of sp³-hybridized carbons (Fsp3) is 0.660. The Kier molecular flexibility index (Phi) is 14.9. The van der Waals surface area contributed by atoms with E-state index in [1.54, 1.807) is 9.80 Å². The lowest BCUT2D eigenvalue weighted by molar-refractivity contribution is -0.163. The van der Waals surface area contributed by atoms with E-state index in [0.717, 1.165) is 30.4 Å². The van der Waals surface area contributed by atoms with Crippen molar-refractivity contribution in [3.63, 3.8) is 0 Å². The summed E-state index contributed by atoms with van der Waals surface area (Å²) in [4.78, 5) is 56.4. The first-order valence-corrected chi connectivity index (χ1v) is 20.9. The minimum Gasteiger partial charge on any atom is -0.460 e. The number of nitrogens with zero attached hydrogens (tertiary/aromatic N) is 2. The molecule has 0 N–H and O–H groups in total. The van der Waals surface area contributed by atoms with Crippen LogP contribution in [0.3, 0.4) is 0 Å². The van der Waals surface area contributed by atoms with Crippen molar-refractivity contribution >= 4 is 24.1 Å². The maximum absolute atomic E-state index is 13.6. The monoisotopic (exact) mass is 791 g/mol. The molecule has 2 fully saturated rings. The molecule has 10 heteroatoms. The second-order valence-corrected chi connectivity index (χ2v) is 20.1. The number of carbonyl (C=O) groups excluding carboxylic acids is 4. The van der Waals surface area contributed by atoms with Gasteiger partial charge in [-0.3, -0.25) is 9.59 Å². The van der Waals surface area contributed by atoms with Crippen molar-refractivity contribution in [1.82, 2.24) is 9.80 Å². The van der Waals surface area contributed by atoms with Crippen molar-refractivity contribution in [3.8, 4) is 0 Å². The number of benzene rings is 2. The van der Waals surface area contributed by atoms with Gasteiger partial charge in [-0.1, -0.05) is 48.5 Å². The number of likely N-dealkylation sites (tertiary alicyclic amines) is 2. The molecule has 10 nitrogen and oxygen atoms in total. The van der Waals surface area contributed by atoms with Crippen LogP contribution in [0.5, 0.6) is 0 Å². The number of aryl methyl sites for hydroxylation is 2. The highest BCUT2D eigenvalue weighted by atomic mass is 16.6. The molecule has 2 aromatic rings. The number of ether oxygens (including phenoxy) is 4. The van der Waals surface area contributed by atoms with E-state index in [2.05, 4.69) is 48.5 Å². The van der Waals surface area contributed by atoms with Crippen LogP contribution in [0.1, 0.15) is 125 Å². The highest BCUT2D eigenvalue weighted by Gasteiger charge is 2.40. The maximum Gasteiger partial charge on any atom is 0.410 e. The van der Waals surface area contributed by atoms with Crippen LogP contribution in [0, 0.1) is 23.7 Å². The van der Waals surface area contributed by atoms with E-state index in [1.807, 2.05) is 83.1 Å². The van der Waals surface area contributed by atoms with Gasteiger partial charge in [-0.25, -0.2) is 9.59 Å². The molecular formula is C47H70N2O8. The SMILES string of the molecule is CC(C)(C)OC(=O)[C@@H](Cc1cccc(CCCc2cccc(C[C@H](C(=O)OC(C)(C)C)[C@H]3CCN(C(=O)OC(C)(C)C)C3)c2)c1)[C@H]1CCN(C(=O)OC(C)(C)C)C1. The lowest BCUT2D eigenvalue weighted by atomic mass is 9.85. The number of carbonyl (C=O) groups is 4. The van der Waals surface area contributed by atoms with E-state index in [0.29, 0.717) is 51.9 Å². The molecule has 2 aliphatic heterocycles. The molecular weight excluding hydrogens is 721 g/mol. The molecule has 316 valence electrons. The third kappa shape index (κ3) is 15.3. The van der Waals surface area contributed by atoms with Gasteiger partial charge in [0, 0.05) is 26.2 Å². The number of rotatable bonds is 12. The zero-order chi connectivity index (χ0) is 42.3. The molecule has 0 spiro atoms. The number of amides is 2. The van der Waals surface area contributed by atoms with Crippen molar-refractivity contribution in [2.45, 2.75) is 150 Å². The zero-order valence-corrected chi connectivity index (χ0v) is 36.9. The molecule has 2 aromatic carbocycles. The van der Waals surface area contributed by atoms with Gasteiger partial charge in [0.2, 0.25) is 0 Å². The van der Waals surface area contributed by atoms with Crippen molar-refractivity contribution in [3.05, 3.63) is 70.8 Å². The Labute approximate surface area is 342 Å². The van der Waals surface area contributed by atoms with Gasteiger partial charge in [0.15, 0.2) is 0 Å². The van der Waals surface area contributed by atoms with E-state index < -0.39 is 22.4 Å². The highest BCUT2D eigenvalue weighted by Crippen LogP contribution is 2.33. The first-order valence-electron chi connectivity index (χ1n) is 20.9. The van der Waals surface area contributed by atoms with Gasteiger partial charge >= 0.3 is 24.1 Å². The van der Waals surface area contributed by atoms with Crippen LogP contribution in [-0.2, 0) is 54.2 Å². The smallest absolute Gasteiger partial charge is 0.410 e. The molecule has 0 aliphatic carbocycles. The highest BCUT2D eigenvalue weighted by molar-refractivity contribution is 5.75. The van der Waals surface area contributed by atoms with Crippen LogP contribution in [-0.4, -0.2) is 82.5 Å². The molecule has 2 aliphatic rings. The molecule has 0 radical (unpaired) electrons. The third-order valence-electron chi connectivity index (χ3n) is 10.1. The van der Waals surface area contributed by atoms with Crippen LogP contribution < -0.4 is 0 Å². The fourth-order valence-electron chi connectivity index (χ4n) is 7.68. The van der Waals surface area contributed by atoms with Gasteiger partial charge in [-0.2, -0.15) is 0 Å². The Morgan fingerprint density at radius 1 is 0.544 bits per heavy atom. The quantitative estimate of drug-likeness (QED) is 0.155. The summed E-state index contributed by atoms with van der Waals surface area (Å²) in [6.07, 6.45) is 4.48. The first-order chi connectivity index (χ1) is 26.3. The zero-order valence-electron chi connectivity index (χ0n) is 36.9. The van der Waals surface area contributed by atoms with Crippen LogP contribution in [0.25, 0.3) is 0 Å². The molecule has 0 saturated carbocycles. The summed E-state index contributed by atoms with van der Waals surface area (Å²) < 4.78 is 23.1. The fourth-order valence-corrected chi connectivity index (χ4v) is 7.68. The van der Waals surface area contributed by atoms with Crippen LogP contribution in [0.15, 0.2) is 48.5 Å². The van der Waals surface area contributed by atoms with E-state index in [-0.39, 0.29) is 47.8 Å². The minimum atomic E-state index is -0.617. The summed E-state index contributed by atoms with van der Waals surface area (Å²) in [6.45, 7) is 24.5. The third-order valence-corrected chi connectivity index (χ3v) is 10.1. The van der Waals surface area contributed by atoms with Crippen LogP contribution in [0.2, 0.25) is 0 Å². The van der Waals surface area contributed by atoms with Crippen LogP contribution in [0.4, 0.5) is 9.59 Å². The van der Waals surface area contributed by atoms with Gasteiger partial charge in [0.1, 0.15) is 22.4 Å². The average molecular weight is 791 g/mol. The molecule has 2 saturated heterocycles. The van der Waals surface area contributed by atoms with Gasteiger partial charge in [-0.15, -0.1) is 0 Å². The van der Waals surface area contributed by atoms with Gasteiger partial charge in [0.25, 0.3) is 0 Å². The van der Waals surface area contributed by atoms with E-state index in [4.69, 9.17) is 18.9 Å². The molecule has 0 aromatic heterocycles. The topological polar surface area (TPSA) is 112 Å². The second kappa shape index (κ2) is 18.7. The van der Waals surface area contributed by atoms with Crippen LogP contribution >= 0.6 is 0 Å². The maximum atomic E-state index is 13.6.